The number of hydrogen-bond donors (Lipinski definition) is 1. The van der Waals surface area contributed by atoms with E-state index in [-0.39, 0.29) is 12.1 Å². The molecule has 5 nitrogen and oxygen atoms in total. The molecule has 7 heteroatoms. The van der Waals surface area contributed by atoms with Crippen molar-refractivity contribution < 1.29 is 0 Å². The summed E-state index contributed by atoms with van der Waals surface area (Å²) >= 11 is 9.41. The molecule has 3 aromatic heterocycles. The first kappa shape index (κ1) is 21.8. The molecule has 0 aliphatic carbocycles. The van der Waals surface area contributed by atoms with Crippen molar-refractivity contribution in [2.75, 3.05) is 4.90 Å². The van der Waals surface area contributed by atoms with Crippen LogP contribution in [0.2, 0.25) is 0 Å². The number of halogens is 1. The Bertz CT molecular complexity index is 1270. The minimum atomic E-state index is -0.0605. The Morgan fingerprint density at radius 1 is 1.03 bits per heavy atom. The summed E-state index contributed by atoms with van der Waals surface area (Å²) in [4.78, 5) is 11.2. The SMILES string of the molecule is Cc1cc([C@@H]2[C@H](c3ccccn3)NC(=S)N2c2ccc(Br)cc2)c(C)n1Cc1cccnc1. The molecule has 5 rings (SSSR count). The van der Waals surface area contributed by atoms with Gasteiger partial charge in [-0.15, -0.1) is 0 Å². The average Bonchev–Trinajstić information content (AvgIpc) is 3.32. The first-order valence-electron chi connectivity index (χ1n) is 10.8. The average molecular weight is 518 g/mol. The molecule has 4 heterocycles. The molecule has 0 spiro atoms. The van der Waals surface area contributed by atoms with Gasteiger partial charge in [0.15, 0.2) is 5.11 Å². The third kappa shape index (κ3) is 4.18. The van der Waals surface area contributed by atoms with E-state index in [4.69, 9.17) is 12.2 Å². The molecule has 1 N–H and O–H groups in total. The van der Waals surface area contributed by atoms with E-state index >= 15 is 0 Å². The summed E-state index contributed by atoms with van der Waals surface area (Å²) in [5, 5.41) is 4.26. The lowest BCUT2D eigenvalue weighted by Crippen LogP contribution is -2.29. The van der Waals surface area contributed by atoms with Crippen LogP contribution in [-0.2, 0) is 6.54 Å². The number of anilines is 1. The Labute approximate surface area is 207 Å². The number of aromatic nitrogens is 3. The second-order valence-corrected chi connectivity index (χ2v) is 9.55. The van der Waals surface area contributed by atoms with Crippen molar-refractivity contribution in [3.05, 3.63) is 112 Å². The van der Waals surface area contributed by atoms with Gasteiger partial charge in [-0.2, -0.15) is 0 Å². The van der Waals surface area contributed by atoms with Gasteiger partial charge in [0.2, 0.25) is 0 Å². The zero-order valence-corrected chi connectivity index (χ0v) is 20.8. The second kappa shape index (κ2) is 9.08. The first-order chi connectivity index (χ1) is 16.0. The lowest BCUT2D eigenvalue weighted by Gasteiger charge is -2.28. The van der Waals surface area contributed by atoms with Gasteiger partial charge in [0, 0.05) is 46.7 Å². The van der Waals surface area contributed by atoms with Crippen molar-refractivity contribution in [1.82, 2.24) is 19.9 Å². The van der Waals surface area contributed by atoms with Crippen molar-refractivity contribution in [1.29, 1.82) is 0 Å². The summed E-state index contributed by atoms with van der Waals surface area (Å²) < 4.78 is 3.39. The number of thiocarbonyl (C=S) groups is 1. The van der Waals surface area contributed by atoms with Crippen LogP contribution in [0.5, 0.6) is 0 Å². The van der Waals surface area contributed by atoms with Crippen LogP contribution in [0.25, 0.3) is 0 Å². The van der Waals surface area contributed by atoms with E-state index < -0.39 is 0 Å². The Morgan fingerprint density at radius 3 is 2.55 bits per heavy atom. The molecule has 0 unspecified atom stereocenters. The number of aryl methyl sites for hydroxylation is 1. The van der Waals surface area contributed by atoms with Gasteiger partial charge in [0.05, 0.1) is 17.8 Å². The Morgan fingerprint density at radius 2 is 1.85 bits per heavy atom. The van der Waals surface area contributed by atoms with Crippen molar-refractivity contribution in [3.63, 3.8) is 0 Å². The van der Waals surface area contributed by atoms with Crippen LogP contribution in [0.4, 0.5) is 5.69 Å². The molecule has 1 saturated heterocycles. The van der Waals surface area contributed by atoms with E-state index in [1.807, 2.05) is 36.8 Å². The van der Waals surface area contributed by atoms with Crippen LogP contribution >= 0.6 is 28.1 Å². The minimum Gasteiger partial charge on any atom is -0.351 e. The quantitative estimate of drug-likeness (QED) is 0.334. The molecule has 0 saturated carbocycles. The van der Waals surface area contributed by atoms with Crippen LogP contribution in [0.15, 0.2) is 83.7 Å². The van der Waals surface area contributed by atoms with E-state index in [2.05, 4.69) is 97.0 Å². The number of nitrogens with zero attached hydrogens (tertiary/aromatic N) is 4. The molecule has 1 fully saturated rings. The van der Waals surface area contributed by atoms with Gasteiger partial charge in [0.25, 0.3) is 0 Å². The monoisotopic (exact) mass is 517 g/mol. The molecule has 0 radical (unpaired) electrons. The Kier molecular flexibility index (Phi) is 6.00. The van der Waals surface area contributed by atoms with Crippen LogP contribution < -0.4 is 10.2 Å². The van der Waals surface area contributed by atoms with Gasteiger partial charge in [-0.1, -0.05) is 28.1 Å². The lowest BCUT2D eigenvalue weighted by atomic mass is 9.96. The van der Waals surface area contributed by atoms with Crippen LogP contribution in [-0.4, -0.2) is 19.6 Å². The van der Waals surface area contributed by atoms with Gasteiger partial charge in [-0.25, -0.2) is 0 Å². The lowest BCUT2D eigenvalue weighted by molar-refractivity contribution is 0.563. The maximum Gasteiger partial charge on any atom is 0.174 e. The smallest absolute Gasteiger partial charge is 0.174 e. The van der Waals surface area contributed by atoms with Gasteiger partial charge >= 0.3 is 0 Å². The number of rotatable bonds is 5. The summed E-state index contributed by atoms with van der Waals surface area (Å²) in [6.07, 6.45) is 5.57. The highest BCUT2D eigenvalue weighted by Crippen LogP contribution is 2.43. The van der Waals surface area contributed by atoms with Gasteiger partial charge < -0.3 is 14.8 Å². The minimum absolute atomic E-state index is 0.0255. The van der Waals surface area contributed by atoms with Crippen LogP contribution in [0.3, 0.4) is 0 Å². The van der Waals surface area contributed by atoms with E-state index in [1.54, 1.807) is 0 Å². The van der Waals surface area contributed by atoms with E-state index in [1.165, 1.54) is 22.5 Å². The first-order valence-corrected chi connectivity index (χ1v) is 12.0. The van der Waals surface area contributed by atoms with Crippen LogP contribution in [0.1, 0.15) is 40.3 Å². The molecule has 0 amide bonds. The third-order valence-electron chi connectivity index (χ3n) is 6.20. The highest BCUT2D eigenvalue weighted by atomic mass is 79.9. The largest absolute Gasteiger partial charge is 0.351 e. The zero-order valence-electron chi connectivity index (χ0n) is 18.4. The summed E-state index contributed by atoms with van der Waals surface area (Å²) in [6.45, 7) is 5.13. The standard InChI is InChI=1S/C26H24BrN5S/c1-17-14-22(18(2)31(17)16-19-6-5-12-28-15-19)25-24(23-7-3-4-13-29-23)30-26(33)32(25)21-10-8-20(27)9-11-21/h3-15,24-25H,16H2,1-2H3,(H,30,33)/t24-,25+/m0/s1. The maximum atomic E-state index is 5.86. The predicted molar refractivity (Wildman–Crippen MR) is 139 cm³/mol. The summed E-state index contributed by atoms with van der Waals surface area (Å²) in [7, 11) is 0. The third-order valence-corrected chi connectivity index (χ3v) is 7.04. The molecular formula is C26H24BrN5S. The van der Waals surface area contributed by atoms with E-state index in [0.29, 0.717) is 5.11 Å². The number of benzene rings is 1. The predicted octanol–water partition coefficient (Wildman–Crippen LogP) is 5.88. The topological polar surface area (TPSA) is 46.0 Å². The fraction of sp³-hybridized carbons (Fsp3) is 0.192. The second-order valence-electron chi connectivity index (χ2n) is 8.25. The van der Waals surface area contributed by atoms with Crippen molar-refractivity contribution in [2.45, 2.75) is 32.5 Å². The summed E-state index contributed by atoms with van der Waals surface area (Å²) in [6, 6.07) is 20.6. The number of hydrogen-bond acceptors (Lipinski definition) is 3. The fourth-order valence-corrected chi connectivity index (χ4v) is 5.21. The summed E-state index contributed by atoms with van der Waals surface area (Å²) in [5.41, 5.74) is 6.87. The van der Waals surface area contributed by atoms with Gasteiger partial charge in [-0.3, -0.25) is 9.97 Å². The van der Waals surface area contributed by atoms with E-state index in [9.17, 15) is 0 Å². The Hall–Kier alpha value is -3.03. The highest BCUT2D eigenvalue weighted by Gasteiger charge is 2.42. The van der Waals surface area contributed by atoms with Crippen LogP contribution in [0, 0.1) is 13.8 Å². The van der Waals surface area contributed by atoms with Gasteiger partial charge in [0.1, 0.15) is 0 Å². The molecule has 33 heavy (non-hydrogen) atoms. The maximum absolute atomic E-state index is 5.86. The van der Waals surface area contributed by atoms with E-state index in [0.717, 1.165) is 22.4 Å². The molecule has 1 aromatic carbocycles. The molecule has 1 aliphatic heterocycles. The molecule has 2 atom stereocenters. The highest BCUT2D eigenvalue weighted by molar-refractivity contribution is 9.10. The molecular weight excluding hydrogens is 494 g/mol. The molecule has 166 valence electrons. The van der Waals surface area contributed by atoms with Gasteiger partial charge in [-0.05, 0) is 85.7 Å². The normalized spacial score (nSPS) is 17.9. The van der Waals surface area contributed by atoms with Crippen molar-refractivity contribution in [3.8, 4) is 0 Å². The molecule has 4 aromatic rings. The molecule has 1 aliphatic rings. The Balaban J connectivity index is 1.62. The number of nitrogens with one attached hydrogen (secondary N) is 1. The van der Waals surface area contributed by atoms with Crippen molar-refractivity contribution in [2.24, 2.45) is 0 Å². The summed E-state index contributed by atoms with van der Waals surface area (Å²) in [5.74, 6) is 0. The molecule has 0 bridgehead atoms. The fourth-order valence-electron chi connectivity index (χ4n) is 4.60. The number of pyridine rings is 2. The zero-order chi connectivity index (χ0) is 22.9. The van der Waals surface area contributed by atoms with Crippen molar-refractivity contribution >= 4 is 38.9 Å².